The molecule has 106 valence electrons. The quantitative estimate of drug-likeness (QED) is 0.843. The second-order valence-corrected chi connectivity index (χ2v) is 4.99. The summed E-state index contributed by atoms with van der Waals surface area (Å²) >= 11 is 0. The Morgan fingerprint density at radius 2 is 2.25 bits per heavy atom. The van der Waals surface area contributed by atoms with E-state index in [2.05, 4.69) is 21.4 Å². The summed E-state index contributed by atoms with van der Waals surface area (Å²) in [5.74, 6) is 0.857. The SMILES string of the molecule is CCCn1cc(C)c(=O)c2c1N1CN(OC)C=C1C=N2. The minimum atomic E-state index is -0.00137. The van der Waals surface area contributed by atoms with Gasteiger partial charge in [-0.25, -0.2) is 10.1 Å². The van der Waals surface area contributed by atoms with Crippen molar-refractivity contribution in [2.24, 2.45) is 4.99 Å². The first-order valence-electron chi connectivity index (χ1n) is 6.74. The van der Waals surface area contributed by atoms with Crippen molar-refractivity contribution in [3.8, 4) is 0 Å². The van der Waals surface area contributed by atoms with E-state index in [1.165, 1.54) is 0 Å². The van der Waals surface area contributed by atoms with Gasteiger partial charge in [0.05, 0.1) is 25.2 Å². The van der Waals surface area contributed by atoms with Gasteiger partial charge in [-0.3, -0.25) is 9.63 Å². The van der Waals surface area contributed by atoms with E-state index in [1.807, 2.05) is 19.3 Å². The Labute approximate surface area is 117 Å². The molecule has 1 aromatic rings. The number of hydroxylamine groups is 2. The molecule has 20 heavy (non-hydrogen) atoms. The van der Waals surface area contributed by atoms with Gasteiger partial charge in [0.2, 0.25) is 5.43 Å². The lowest BCUT2D eigenvalue weighted by Gasteiger charge is -2.29. The van der Waals surface area contributed by atoms with Gasteiger partial charge < -0.3 is 9.47 Å². The topological polar surface area (TPSA) is 50.1 Å². The molecule has 0 fully saturated rings. The first-order valence-corrected chi connectivity index (χ1v) is 6.74. The minimum absolute atomic E-state index is 0.00137. The Balaban J connectivity index is 2.17. The lowest BCUT2D eigenvalue weighted by atomic mass is 10.2. The monoisotopic (exact) mass is 274 g/mol. The Morgan fingerprint density at radius 3 is 2.95 bits per heavy atom. The number of anilines is 1. The highest BCUT2D eigenvalue weighted by Crippen LogP contribution is 2.34. The molecule has 0 N–H and O–H groups in total. The fraction of sp³-hybridized carbons (Fsp3) is 0.429. The molecular weight excluding hydrogens is 256 g/mol. The summed E-state index contributed by atoms with van der Waals surface area (Å²) < 4.78 is 2.11. The molecule has 0 radical (unpaired) electrons. The summed E-state index contributed by atoms with van der Waals surface area (Å²) in [6, 6.07) is 0. The van der Waals surface area contributed by atoms with E-state index in [0.717, 1.165) is 30.0 Å². The van der Waals surface area contributed by atoms with Crippen LogP contribution in [0.4, 0.5) is 11.5 Å². The first kappa shape index (κ1) is 12.9. The predicted octanol–water partition coefficient (Wildman–Crippen LogP) is 1.76. The number of aromatic nitrogens is 1. The van der Waals surface area contributed by atoms with E-state index in [-0.39, 0.29) is 5.43 Å². The molecule has 0 saturated heterocycles. The molecule has 0 atom stereocenters. The van der Waals surface area contributed by atoms with Crippen molar-refractivity contribution in [1.29, 1.82) is 0 Å². The molecule has 6 nitrogen and oxygen atoms in total. The summed E-state index contributed by atoms with van der Waals surface area (Å²) in [5, 5.41) is 1.72. The van der Waals surface area contributed by atoms with E-state index in [0.29, 0.717) is 12.4 Å². The summed E-state index contributed by atoms with van der Waals surface area (Å²) in [6.45, 7) is 5.38. The third-order valence-corrected chi connectivity index (χ3v) is 3.56. The molecule has 6 heteroatoms. The van der Waals surface area contributed by atoms with Gasteiger partial charge in [-0.05, 0) is 13.3 Å². The van der Waals surface area contributed by atoms with Gasteiger partial charge in [-0.15, -0.1) is 0 Å². The zero-order valence-corrected chi connectivity index (χ0v) is 12.0. The highest BCUT2D eigenvalue weighted by Gasteiger charge is 2.30. The molecule has 0 spiro atoms. The number of fused-ring (bicyclic) bond motifs is 3. The van der Waals surface area contributed by atoms with Crippen LogP contribution in [0.15, 0.2) is 27.9 Å². The van der Waals surface area contributed by atoms with Crippen LogP contribution in [0, 0.1) is 6.92 Å². The zero-order chi connectivity index (χ0) is 14.3. The van der Waals surface area contributed by atoms with Gasteiger partial charge in [0.15, 0.2) is 5.69 Å². The third kappa shape index (κ3) is 1.84. The number of aryl methyl sites for hydroxylation is 2. The molecule has 3 heterocycles. The molecule has 0 bridgehead atoms. The maximum atomic E-state index is 12.3. The van der Waals surface area contributed by atoms with Crippen LogP contribution in [0.5, 0.6) is 0 Å². The van der Waals surface area contributed by atoms with Crippen LogP contribution < -0.4 is 10.3 Å². The maximum absolute atomic E-state index is 12.3. The minimum Gasteiger partial charge on any atom is -0.332 e. The van der Waals surface area contributed by atoms with Crippen LogP contribution in [0.3, 0.4) is 0 Å². The molecule has 2 aliphatic rings. The van der Waals surface area contributed by atoms with Crippen molar-refractivity contribution in [3.05, 3.63) is 33.9 Å². The van der Waals surface area contributed by atoms with E-state index in [9.17, 15) is 4.79 Å². The zero-order valence-electron chi connectivity index (χ0n) is 12.0. The Morgan fingerprint density at radius 1 is 1.45 bits per heavy atom. The van der Waals surface area contributed by atoms with Crippen LogP contribution in [0.2, 0.25) is 0 Å². The highest BCUT2D eigenvalue weighted by atomic mass is 16.7. The standard InChI is InChI=1S/C14H18N4O2/c1-4-5-16-7-10(2)13(19)12-14(16)18-9-17(20-3)8-11(18)6-15-12/h6-8H,4-5,9H2,1-3H3. The van der Waals surface area contributed by atoms with E-state index >= 15 is 0 Å². The normalized spacial score (nSPS) is 16.2. The Kier molecular flexibility index (Phi) is 3.10. The number of hydrogen-bond donors (Lipinski definition) is 0. The summed E-state index contributed by atoms with van der Waals surface area (Å²) in [7, 11) is 1.63. The molecule has 3 rings (SSSR count). The number of hydrogen-bond acceptors (Lipinski definition) is 5. The number of nitrogens with zero attached hydrogens (tertiary/aromatic N) is 4. The van der Waals surface area contributed by atoms with E-state index < -0.39 is 0 Å². The van der Waals surface area contributed by atoms with Crippen LogP contribution in [0.1, 0.15) is 18.9 Å². The van der Waals surface area contributed by atoms with Crippen molar-refractivity contribution >= 4 is 17.7 Å². The fourth-order valence-corrected chi connectivity index (χ4v) is 2.60. The molecule has 0 saturated carbocycles. The van der Waals surface area contributed by atoms with Crippen LogP contribution >= 0.6 is 0 Å². The average molecular weight is 274 g/mol. The fourth-order valence-electron chi connectivity index (χ4n) is 2.60. The summed E-state index contributed by atoms with van der Waals surface area (Å²) in [5.41, 5.74) is 2.18. The molecule has 1 aromatic heterocycles. The molecule has 2 aliphatic heterocycles. The third-order valence-electron chi connectivity index (χ3n) is 3.56. The first-order chi connectivity index (χ1) is 9.65. The molecular formula is C14H18N4O2. The van der Waals surface area contributed by atoms with Gasteiger partial charge in [0, 0.05) is 18.3 Å². The van der Waals surface area contributed by atoms with Gasteiger partial charge in [0.1, 0.15) is 12.5 Å². The van der Waals surface area contributed by atoms with Gasteiger partial charge >= 0.3 is 0 Å². The lowest BCUT2D eigenvalue weighted by molar-refractivity contribution is -0.0791. The largest absolute Gasteiger partial charge is 0.332 e. The van der Waals surface area contributed by atoms with Crippen molar-refractivity contribution in [3.63, 3.8) is 0 Å². The van der Waals surface area contributed by atoms with Gasteiger partial charge in [0.25, 0.3) is 0 Å². The van der Waals surface area contributed by atoms with E-state index in [1.54, 1.807) is 18.4 Å². The van der Waals surface area contributed by atoms with Crippen LogP contribution in [-0.4, -0.2) is 29.6 Å². The van der Waals surface area contributed by atoms with Gasteiger partial charge in [-0.1, -0.05) is 6.92 Å². The number of allylic oxidation sites excluding steroid dienone is 1. The Bertz CT molecular complexity index is 660. The second-order valence-electron chi connectivity index (χ2n) is 4.99. The molecule has 0 amide bonds. The summed E-state index contributed by atoms with van der Waals surface area (Å²) in [4.78, 5) is 23.9. The van der Waals surface area contributed by atoms with E-state index in [4.69, 9.17) is 4.84 Å². The average Bonchev–Trinajstić information content (AvgIpc) is 2.87. The van der Waals surface area contributed by atoms with Crippen molar-refractivity contribution in [2.75, 3.05) is 18.7 Å². The number of aliphatic imine (C=N–C) groups is 1. The second kappa shape index (κ2) is 4.79. The maximum Gasteiger partial charge on any atom is 0.212 e. The van der Waals surface area contributed by atoms with Crippen molar-refractivity contribution < 1.29 is 4.84 Å². The molecule has 0 unspecified atom stereocenters. The smallest absolute Gasteiger partial charge is 0.212 e. The number of rotatable bonds is 3. The predicted molar refractivity (Wildman–Crippen MR) is 78.2 cm³/mol. The summed E-state index contributed by atoms with van der Waals surface area (Å²) in [6.07, 6.45) is 6.52. The van der Waals surface area contributed by atoms with Crippen LogP contribution in [-0.2, 0) is 11.4 Å². The molecule has 0 aliphatic carbocycles. The van der Waals surface area contributed by atoms with Crippen LogP contribution in [0.25, 0.3) is 0 Å². The van der Waals surface area contributed by atoms with Crippen molar-refractivity contribution in [2.45, 2.75) is 26.8 Å². The lowest BCUT2D eigenvalue weighted by Crippen LogP contribution is -2.32. The van der Waals surface area contributed by atoms with Gasteiger partial charge in [-0.2, -0.15) is 0 Å². The number of pyridine rings is 1. The van der Waals surface area contributed by atoms with Crippen molar-refractivity contribution in [1.82, 2.24) is 9.63 Å². The Hall–Kier alpha value is -2.08. The highest BCUT2D eigenvalue weighted by molar-refractivity contribution is 5.93. The molecule has 0 aromatic carbocycles.